The maximum Gasteiger partial charge on any atom is 0.0183 e. The first-order valence-electron chi connectivity index (χ1n) is 5.38. The van der Waals surface area contributed by atoms with Crippen LogP contribution in [0.25, 0.3) is 0 Å². The summed E-state index contributed by atoms with van der Waals surface area (Å²) in [5.74, 6) is 0.589. The highest BCUT2D eigenvalue weighted by Gasteiger charge is 2.10. The summed E-state index contributed by atoms with van der Waals surface area (Å²) in [5, 5.41) is 0. The molecule has 0 bridgehead atoms. The number of benzene rings is 1. The molecule has 0 fully saturated rings. The lowest BCUT2D eigenvalue weighted by atomic mass is 9.97. The fourth-order valence-corrected chi connectivity index (χ4v) is 1.85. The van der Waals surface area contributed by atoms with Crippen molar-refractivity contribution in [2.24, 2.45) is 0 Å². The number of alkyl halides is 1. The Morgan fingerprint density at radius 1 is 1.14 bits per heavy atom. The van der Waals surface area contributed by atoms with Crippen molar-refractivity contribution in [1.29, 1.82) is 0 Å². The summed E-state index contributed by atoms with van der Waals surface area (Å²) >= 11 is 3.63. The van der Waals surface area contributed by atoms with E-state index in [9.17, 15) is 0 Å². The van der Waals surface area contributed by atoms with E-state index in [0.717, 1.165) is 0 Å². The normalized spacial score (nSPS) is 15.1. The average Bonchev–Trinajstić information content (AvgIpc) is 2.18. The Bertz CT molecular complexity index is 261. The molecule has 0 aliphatic rings. The van der Waals surface area contributed by atoms with Crippen molar-refractivity contribution < 1.29 is 0 Å². The van der Waals surface area contributed by atoms with Crippen LogP contribution in [0.15, 0.2) is 24.3 Å². The third kappa shape index (κ3) is 3.13. The summed E-state index contributed by atoms with van der Waals surface area (Å²) in [7, 11) is 0. The Hall–Kier alpha value is -0.300. The van der Waals surface area contributed by atoms with Crippen LogP contribution in [0, 0.1) is 0 Å². The zero-order valence-corrected chi connectivity index (χ0v) is 10.8. The monoisotopic (exact) mass is 254 g/mol. The molecule has 0 N–H and O–H groups in total. The molecular formula is C13H19Br. The van der Waals surface area contributed by atoms with Crippen molar-refractivity contribution in [1.82, 2.24) is 0 Å². The van der Waals surface area contributed by atoms with Crippen molar-refractivity contribution in [2.45, 2.75) is 44.4 Å². The third-order valence-corrected chi connectivity index (χ3v) is 3.53. The third-order valence-electron chi connectivity index (χ3n) is 2.73. The van der Waals surface area contributed by atoms with Gasteiger partial charge in [-0.25, -0.2) is 0 Å². The summed E-state index contributed by atoms with van der Waals surface area (Å²) in [6, 6.07) is 9.02. The number of hydrogen-bond donors (Lipinski definition) is 0. The molecule has 78 valence electrons. The van der Waals surface area contributed by atoms with Gasteiger partial charge in [0.15, 0.2) is 0 Å². The highest BCUT2D eigenvalue weighted by molar-refractivity contribution is 9.09. The van der Waals surface area contributed by atoms with Gasteiger partial charge in [0.2, 0.25) is 0 Å². The SMILES string of the molecule is CCCc1ccc(C(C)C(C)Br)cc1. The molecule has 1 aromatic carbocycles. The van der Waals surface area contributed by atoms with Gasteiger partial charge in [0.1, 0.15) is 0 Å². The van der Waals surface area contributed by atoms with E-state index < -0.39 is 0 Å². The molecule has 1 aromatic rings. The molecule has 2 atom stereocenters. The molecule has 0 radical (unpaired) electrons. The predicted octanol–water partition coefficient (Wildman–Crippen LogP) is 4.53. The van der Waals surface area contributed by atoms with Crippen LogP contribution in [0.1, 0.15) is 44.2 Å². The topological polar surface area (TPSA) is 0 Å². The van der Waals surface area contributed by atoms with Gasteiger partial charge in [0.05, 0.1) is 0 Å². The van der Waals surface area contributed by atoms with Crippen molar-refractivity contribution in [3.63, 3.8) is 0 Å². The van der Waals surface area contributed by atoms with E-state index in [-0.39, 0.29) is 0 Å². The lowest BCUT2D eigenvalue weighted by Gasteiger charge is -2.14. The standard InChI is InChI=1S/C13H19Br/c1-4-5-12-6-8-13(9-7-12)10(2)11(3)14/h6-11H,4-5H2,1-3H3. The molecule has 0 heterocycles. The van der Waals surface area contributed by atoms with Crippen LogP contribution < -0.4 is 0 Å². The van der Waals surface area contributed by atoms with Gasteiger partial charge in [0.25, 0.3) is 0 Å². The Morgan fingerprint density at radius 3 is 2.14 bits per heavy atom. The van der Waals surface area contributed by atoms with Crippen molar-refractivity contribution >= 4 is 15.9 Å². The van der Waals surface area contributed by atoms with Gasteiger partial charge in [-0.15, -0.1) is 0 Å². The van der Waals surface area contributed by atoms with Crippen LogP contribution in [0.5, 0.6) is 0 Å². The first-order chi connectivity index (χ1) is 6.65. The van der Waals surface area contributed by atoms with Crippen LogP contribution in [-0.2, 0) is 6.42 Å². The number of halogens is 1. The zero-order chi connectivity index (χ0) is 10.6. The smallest absolute Gasteiger partial charge is 0.0183 e. The van der Waals surface area contributed by atoms with Crippen molar-refractivity contribution in [2.75, 3.05) is 0 Å². The fraction of sp³-hybridized carbons (Fsp3) is 0.538. The zero-order valence-electron chi connectivity index (χ0n) is 9.26. The van der Waals surface area contributed by atoms with Gasteiger partial charge in [-0.05, 0) is 23.5 Å². The second-order valence-corrected chi connectivity index (χ2v) is 5.40. The van der Waals surface area contributed by atoms with Gasteiger partial charge in [0, 0.05) is 4.83 Å². The van der Waals surface area contributed by atoms with E-state index in [0.29, 0.717) is 10.7 Å². The highest BCUT2D eigenvalue weighted by atomic mass is 79.9. The molecule has 0 amide bonds. The number of rotatable bonds is 4. The molecule has 0 saturated carbocycles. The average molecular weight is 255 g/mol. The second kappa shape index (κ2) is 5.55. The van der Waals surface area contributed by atoms with E-state index in [1.807, 2.05) is 0 Å². The van der Waals surface area contributed by atoms with Crippen molar-refractivity contribution in [3.05, 3.63) is 35.4 Å². The summed E-state index contributed by atoms with van der Waals surface area (Å²) in [6.07, 6.45) is 2.42. The second-order valence-electron chi connectivity index (χ2n) is 3.96. The Kier molecular flexibility index (Phi) is 4.67. The maximum atomic E-state index is 3.63. The molecule has 0 nitrogen and oxygen atoms in total. The number of aryl methyl sites for hydroxylation is 1. The van der Waals surface area contributed by atoms with E-state index in [4.69, 9.17) is 0 Å². The largest absolute Gasteiger partial charge is 0.0887 e. The van der Waals surface area contributed by atoms with Gasteiger partial charge in [-0.2, -0.15) is 0 Å². The van der Waals surface area contributed by atoms with Crippen LogP contribution in [0.4, 0.5) is 0 Å². The molecule has 14 heavy (non-hydrogen) atoms. The fourth-order valence-electron chi connectivity index (χ4n) is 1.54. The molecule has 0 aliphatic heterocycles. The van der Waals surface area contributed by atoms with Gasteiger partial charge < -0.3 is 0 Å². The van der Waals surface area contributed by atoms with Crippen LogP contribution in [0.2, 0.25) is 0 Å². The molecule has 1 rings (SSSR count). The van der Waals surface area contributed by atoms with E-state index in [1.54, 1.807) is 0 Å². The van der Waals surface area contributed by atoms with Crippen LogP contribution >= 0.6 is 15.9 Å². The summed E-state index contributed by atoms with van der Waals surface area (Å²) in [6.45, 7) is 6.68. The van der Waals surface area contributed by atoms with Gasteiger partial charge in [-0.3, -0.25) is 0 Å². The molecule has 0 saturated heterocycles. The highest BCUT2D eigenvalue weighted by Crippen LogP contribution is 2.24. The minimum atomic E-state index is 0.541. The van der Waals surface area contributed by atoms with Crippen molar-refractivity contribution in [3.8, 4) is 0 Å². The Balaban J connectivity index is 2.72. The lowest BCUT2D eigenvalue weighted by Crippen LogP contribution is -2.04. The van der Waals surface area contributed by atoms with Gasteiger partial charge in [-0.1, -0.05) is 67.4 Å². The molecular weight excluding hydrogens is 236 g/mol. The summed E-state index contributed by atoms with van der Waals surface area (Å²) < 4.78 is 0. The Labute approximate surface area is 95.9 Å². The maximum absolute atomic E-state index is 3.63. The van der Waals surface area contributed by atoms with Crippen LogP contribution in [-0.4, -0.2) is 4.83 Å². The van der Waals surface area contributed by atoms with E-state index >= 15 is 0 Å². The Morgan fingerprint density at radius 2 is 1.71 bits per heavy atom. The lowest BCUT2D eigenvalue weighted by molar-refractivity contribution is 0.760. The molecule has 1 heteroatoms. The van der Waals surface area contributed by atoms with E-state index in [2.05, 4.69) is 61.0 Å². The number of hydrogen-bond acceptors (Lipinski definition) is 0. The minimum Gasteiger partial charge on any atom is -0.0887 e. The molecule has 0 aliphatic carbocycles. The summed E-state index contributed by atoms with van der Waals surface area (Å²) in [4.78, 5) is 0.541. The van der Waals surface area contributed by atoms with E-state index in [1.165, 1.54) is 24.0 Å². The minimum absolute atomic E-state index is 0.541. The molecule has 0 spiro atoms. The van der Waals surface area contributed by atoms with Crippen LogP contribution in [0.3, 0.4) is 0 Å². The quantitative estimate of drug-likeness (QED) is 0.693. The molecule has 2 unspecified atom stereocenters. The van der Waals surface area contributed by atoms with Gasteiger partial charge >= 0.3 is 0 Å². The first kappa shape index (κ1) is 11.8. The molecule has 0 aromatic heterocycles. The predicted molar refractivity (Wildman–Crippen MR) is 67.2 cm³/mol. The summed E-state index contributed by atoms with van der Waals surface area (Å²) in [5.41, 5.74) is 2.87. The first-order valence-corrected chi connectivity index (χ1v) is 6.29.